The number of nitrogens with one attached hydrogen (secondary N) is 1. The first-order chi connectivity index (χ1) is 12.5. The molecule has 2 rings (SSSR count). The molecule has 1 N–H and O–H groups in total. The van der Waals surface area contributed by atoms with Crippen molar-refractivity contribution in [2.45, 2.75) is 13.5 Å². The minimum Gasteiger partial charge on any atom is -0.469 e. The van der Waals surface area contributed by atoms with E-state index in [-0.39, 0.29) is 30.2 Å². The predicted octanol–water partition coefficient (Wildman–Crippen LogP) is 3.08. The monoisotopic (exact) mass is 358 g/mol. The fourth-order valence-electron chi connectivity index (χ4n) is 2.63. The van der Waals surface area contributed by atoms with Crippen LogP contribution in [0.5, 0.6) is 0 Å². The summed E-state index contributed by atoms with van der Waals surface area (Å²) in [5.74, 6) is -1.27. The molecule has 0 radical (unpaired) electrons. The number of halogens is 1. The van der Waals surface area contributed by atoms with Gasteiger partial charge in [0.2, 0.25) is 5.91 Å². The van der Waals surface area contributed by atoms with E-state index in [4.69, 9.17) is 4.74 Å². The van der Waals surface area contributed by atoms with Gasteiger partial charge in [0, 0.05) is 18.8 Å². The molecular formula is C20H23FN2O3. The molecule has 1 atom stereocenters. The number of benzene rings is 2. The molecule has 2 aromatic carbocycles. The van der Waals surface area contributed by atoms with Gasteiger partial charge in [-0.3, -0.25) is 14.5 Å². The average Bonchev–Trinajstić information content (AvgIpc) is 2.63. The van der Waals surface area contributed by atoms with Gasteiger partial charge in [-0.1, -0.05) is 37.3 Å². The van der Waals surface area contributed by atoms with E-state index >= 15 is 0 Å². The lowest BCUT2D eigenvalue weighted by Crippen LogP contribution is -2.37. The molecule has 0 saturated heterocycles. The van der Waals surface area contributed by atoms with E-state index in [1.807, 2.05) is 35.2 Å². The molecule has 0 bridgehead atoms. The molecule has 0 spiro atoms. The van der Waals surface area contributed by atoms with Crippen molar-refractivity contribution in [1.82, 2.24) is 4.90 Å². The molecule has 0 aromatic heterocycles. The van der Waals surface area contributed by atoms with Gasteiger partial charge in [0.15, 0.2) is 0 Å². The Labute approximate surface area is 152 Å². The van der Waals surface area contributed by atoms with E-state index in [9.17, 15) is 14.0 Å². The predicted molar refractivity (Wildman–Crippen MR) is 97.9 cm³/mol. The van der Waals surface area contributed by atoms with E-state index in [1.165, 1.54) is 31.4 Å². The number of nitrogens with zero attached hydrogens (tertiary/aromatic N) is 1. The summed E-state index contributed by atoms with van der Waals surface area (Å²) in [6, 6.07) is 15.3. The number of esters is 1. The van der Waals surface area contributed by atoms with Crippen molar-refractivity contribution in [1.29, 1.82) is 0 Å². The smallest absolute Gasteiger partial charge is 0.309 e. The minimum absolute atomic E-state index is 0.105. The van der Waals surface area contributed by atoms with Crippen molar-refractivity contribution >= 4 is 17.6 Å². The maximum Gasteiger partial charge on any atom is 0.309 e. The molecule has 6 heteroatoms. The molecule has 0 saturated carbocycles. The number of methoxy groups -OCH3 is 1. The summed E-state index contributed by atoms with van der Waals surface area (Å²) < 4.78 is 17.7. The molecule has 0 heterocycles. The number of amides is 1. The van der Waals surface area contributed by atoms with Crippen LogP contribution in [0.2, 0.25) is 0 Å². The number of ether oxygens (including phenoxy) is 1. The maximum atomic E-state index is 13.0. The van der Waals surface area contributed by atoms with Crippen LogP contribution in [-0.4, -0.2) is 37.0 Å². The second-order valence-electron chi connectivity index (χ2n) is 6.13. The van der Waals surface area contributed by atoms with E-state index in [2.05, 4.69) is 5.32 Å². The van der Waals surface area contributed by atoms with Crippen molar-refractivity contribution in [3.05, 3.63) is 66.0 Å². The first-order valence-electron chi connectivity index (χ1n) is 8.37. The number of rotatable bonds is 8. The third-order valence-corrected chi connectivity index (χ3v) is 3.88. The van der Waals surface area contributed by atoms with Crippen molar-refractivity contribution in [3.63, 3.8) is 0 Å². The van der Waals surface area contributed by atoms with Gasteiger partial charge in [-0.05, 0) is 29.8 Å². The Balaban J connectivity index is 2.02. The molecule has 0 fully saturated rings. The van der Waals surface area contributed by atoms with Gasteiger partial charge in [0.1, 0.15) is 5.82 Å². The largest absolute Gasteiger partial charge is 0.469 e. The Kier molecular flexibility index (Phi) is 7.29. The van der Waals surface area contributed by atoms with Crippen LogP contribution in [0, 0.1) is 11.7 Å². The molecule has 5 nitrogen and oxygen atoms in total. The Morgan fingerprint density at radius 2 is 1.77 bits per heavy atom. The van der Waals surface area contributed by atoms with Crippen LogP contribution in [0.4, 0.5) is 10.1 Å². The fraction of sp³-hybridized carbons (Fsp3) is 0.300. The minimum atomic E-state index is -0.361. The molecule has 0 aliphatic carbocycles. The van der Waals surface area contributed by atoms with E-state index in [1.54, 1.807) is 6.92 Å². The zero-order chi connectivity index (χ0) is 18.9. The fourth-order valence-corrected chi connectivity index (χ4v) is 2.63. The van der Waals surface area contributed by atoms with Gasteiger partial charge in [-0.15, -0.1) is 0 Å². The maximum absolute atomic E-state index is 13.0. The first-order valence-corrected chi connectivity index (χ1v) is 8.37. The Morgan fingerprint density at radius 3 is 2.38 bits per heavy atom. The second-order valence-corrected chi connectivity index (χ2v) is 6.13. The molecule has 0 aliphatic heterocycles. The highest BCUT2D eigenvalue weighted by molar-refractivity contribution is 5.92. The molecule has 138 valence electrons. The van der Waals surface area contributed by atoms with E-state index < -0.39 is 0 Å². The second kappa shape index (κ2) is 9.68. The number of carbonyl (C=O) groups excluding carboxylic acids is 2. The highest BCUT2D eigenvalue weighted by atomic mass is 19.1. The normalized spacial score (nSPS) is 11.8. The van der Waals surface area contributed by atoms with Crippen LogP contribution in [0.3, 0.4) is 0 Å². The number of anilines is 1. The molecule has 1 unspecified atom stereocenters. The third kappa shape index (κ3) is 6.29. The quantitative estimate of drug-likeness (QED) is 0.737. The first kappa shape index (κ1) is 19.6. The van der Waals surface area contributed by atoms with Gasteiger partial charge >= 0.3 is 5.97 Å². The van der Waals surface area contributed by atoms with Gasteiger partial charge < -0.3 is 10.1 Å². The van der Waals surface area contributed by atoms with E-state index in [0.29, 0.717) is 18.8 Å². The zero-order valence-electron chi connectivity index (χ0n) is 14.9. The van der Waals surface area contributed by atoms with Crippen molar-refractivity contribution in [2.75, 3.05) is 25.5 Å². The topological polar surface area (TPSA) is 58.6 Å². The Morgan fingerprint density at radius 1 is 1.12 bits per heavy atom. The molecule has 2 aromatic rings. The van der Waals surface area contributed by atoms with Crippen LogP contribution in [0.15, 0.2) is 54.6 Å². The number of carbonyl (C=O) groups is 2. The summed E-state index contributed by atoms with van der Waals surface area (Å²) in [7, 11) is 1.35. The molecule has 26 heavy (non-hydrogen) atoms. The van der Waals surface area contributed by atoms with Crippen LogP contribution in [0.25, 0.3) is 0 Å². The van der Waals surface area contributed by atoms with Crippen molar-refractivity contribution in [2.24, 2.45) is 5.92 Å². The summed E-state index contributed by atoms with van der Waals surface area (Å²) >= 11 is 0. The lowest BCUT2D eigenvalue weighted by atomic mass is 10.1. The molecular weight excluding hydrogens is 335 g/mol. The third-order valence-electron chi connectivity index (χ3n) is 3.88. The van der Waals surface area contributed by atoms with Crippen LogP contribution >= 0.6 is 0 Å². The summed E-state index contributed by atoms with van der Waals surface area (Å²) in [6.45, 7) is 2.78. The highest BCUT2D eigenvalue weighted by Crippen LogP contribution is 2.11. The molecule has 1 amide bonds. The van der Waals surface area contributed by atoms with Gasteiger partial charge in [-0.25, -0.2) is 4.39 Å². The summed E-state index contributed by atoms with van der Waals surface area (Å²) in [4.78, 5) is 26.0. The number of hydrogen-bond acceptors (Lipinski definition) is 4. The lowest BCUT2D eigenvalue weighted by Gasteiger charge is -2.24. The average molecular weight is 358 g/mol. The van der Waals surface area contributed by atoms with Crippen LogP contribution < -0.4 is 5.32 Å². The van der Waals surface area contributed by atoms with Gasteiger partial charge in [0.25, 0.3) is 0 Å². The van der Waals surface area contributed by atoms with Crippen molar-refractivity contribution in [3.8, 4) is 0 Å². The van der Waals surface area contributed by atoms with Crippen LogP contribution in [0.1, 0.15) is 12.5 Å². The molecule has 0 aliphatic rings. The number of hydrogen-bond donors (Lipinski definition) is 1. The standard InChI is InChI=1S/C20H23FN2O3/c1-15(20(25)26-2)12-23(13-16-6-4-3-5-7-16)14-19(24)22-18-10-8-17(21)9-11-18/h3-11,15H,12-14H2,1-2H3,(H,22,24). The van der Waals surface area contributed by atoms with Crippen molar-refractivity contribution < 1.29 is 18.7 Å². The van der Waals surface area contributed by atoms with E-state index in [0.717, 1.165) is 5.56 Å². The van der Waals surface area contributed by atoms with Gasteiger partial charge in [0.05, 0.1) is 19.6 Å². The van der Waals surface area contributed by atoms with Crippen LogP contribution in [-0.2, 0) is 20.9 Å². The highest BCUT2D eigenvalue weighted by Gasteiger charge is 2.20. The summed E-state index contributed by atoms with van der Waals surface area (Å²) in [5, 5.41) is 2.74. The van der Waals surface area contributed by atoms with Gasteiger partial charge in [-0.2, -0.15) is 0 Å². The SMILES string of the molecule is COC(=O)C(C)CN(CC(=O)Nc1ccc(F)cc1)Cc1ccccc1. The Hall–Kier alpha value is -2.73. The summed E-state index contributed by atoms with van der Waals surface area (Å²) in [5.41, 5.74) is 1.57. The zero-order valence-corrected chi connectivity index (χ0v) is 14.9. The Bertz CT molecular complexity index is 720. The summed E-state index contributed by atoms with van der Waals surface area (Å²) in [6.07, 6.45) is 0. The lowest BCUT2D eigenvalue weighted by molar-refractivity contribution is -0.145.